The summed E-state index contributed by atoms with van der Waals surface area (Å²) in [7, 11) is 1.62. The van der Waals surface area contributed by atoms with Gasteiger partial charge in [0.15, 0.2) is 0 Å². The Morgan fingerprint density at radius 1 is 1.56 bits per heavy atom. The van der Waals surface area contributed by atoms with Crippen molar-refractivity contribution in [2.75, 3.05) is 19.0 Å². The first-order valence-corrected chi connectivity index (χ1v) is 5.96. The van der Waals surface area contributed by atoms with Gasteiger partial charge in [-0.2, -0.15) is 0 Å². The van der Waals surface area contributed by atoms with Crippen molar-refractivity contribution in [2.24, 2.45) is 0 Å². The van der Waals surface area contributed by atoms with Gasteiger partial charge in [-0.1, -0.05) is 6.92 Å². The summed E-state index contributed by atoms with van der Waals surface area (Å²) in [4.78, 5) is 15.5. The fourth-order valence-corrected chi connectivity index (χ4v) is 1.87. The number of hydrogen-bond acceptors (Lipinski definition) is 4. The molecular weight excluding hydrogens is 232 g/mol. The number of ether oxygens (including phenoxy) is 1. The number of pyridine rings is 1. The molecule has 0 aliphatic rings. The minimum atomic E-state index is -0.963. The minimum Gasteiger partial charge on any atom is -0.478 e. The Kier molecular flexibility index (Phi) is 5.09. The van der Waals surface area contributed by atoms with E-state index < -0.39 is 5.97 Å². The van der Waals surface area contributed by atoms with Crippen molar-refractivity contribution in [2.45, 2.75) is 33.2 Å². The lowest BCUT2D eigenvalue weighted by molar-refractivity contribution is 0.0696. The lowest BCUT2D eigenvalue weighted by Crippen LogP contribution is -2.26. The highest BCUT2D eigenvalue weighted by atomic mass is 16.5. The zero-order valence-electron chi connectivity index (χ0n) is 11.3. The van der Waals surface area contributed by atoms with Gasteiger partial charge in [-0.3, -0.25) is 0 Å². The lowest BCUT2D eigenvalue weighted by Gasteiger charge is -2.19. The smallest absolute Gasteiger partial charge is 0.339 e. The molecule has 1 rings (SSSR count). The topological polar surface area (TPSA) is 71.5 Å². The van der Waals surface area contributed by atoms with E-state index in [2.05, 4.69) is 10.3 Å². The molecule has 0 aliphatic heterocycles. The van der Waals surface area contributed by atoms with Crippen LogP contribution in [0.4, 0.5) is 5.82 Å². The molecule has 0 radical (unpaired) electrons. The molecule has 0 saturated carbocycles. The summed E-state index contributed by atoms with van der Waals surface area (Å²) in [6.45, 7) is 6.16. The highest BCUT2D eigenvalue weighted by Gasteiger charge is 2.17. The van der Waals surface area contributed by atoms with Crippen LogP contribution in [-0.2, 0) is 4.74 Å². The number of nitrogens with one attached hydrogen (secondary N) is 1. The fraction of sp³-hybridized carbons (Fsp3) is 0.538. The van der Waals surface area contributed by atoms with E-state index in [-0.39, 0.29) is 11.6 Å². The maximum absolute atomic E-state index is 11.3. The fourth-order valence-electron chi connectivity index (χ4n) is 1.87. The summed E-state index contributed by atoms with van der Waals surface area (Å²) < 4.78 is 5.09. The molecule has 1 heterocycles. The van der Waals surface area contributed by atoms with Crippen molar-refractivity contribution in [3.05, 3.63) is 22.9 Å². The molecule has 100 valence electrons. The van der Waals surface area contributed by atoms with Crippen LogP contribution in [0, 0.1) is 13.8 Å². The van der Waals surface area contributed by atoms with Crippen LogP contribution >= 0.6 is 0 Å². The van der Waals surface area contributed by atoms with Crippen LogP contribution in [0.5, 0.6) is 0 Å². The SMILES string of the molecule is CCC(COC)Nc1nc(C)cc(C)c1C(=O)O. The van der Waals surface area contributed by atoms with E-state index in [9.17, 15) is 9.90 Å². The molecule has 0 aromatic carbocycles. The zero-order chi connectivity index (χ0) is 13.7. The van der Waals surface area contributed by atoms with Gasteiger partial charge >= 0.3 is 5.97 Å². The Labute approximate surface area is 107 Å². The number of anilines is 1. The van der Waals surface area contributed by atoms with Crippen molar-refractivity contribution in [3.8, 4) is 0 Å². The van der Waals surface area contributed by atoms with Crippen molar-refractivity contribution >= 4 is 11.8 Å². The average Bonchev–Trinajstić information content (AvgIpc) is 2.26. The largest absolute Gasteiger partial charge is 0.478 e. The molecule has 1 aromatic heterocycles. The van der Waals surface area contributed by atoms with Gasteiger partial charge < -0.3 is 15.2 Å². The number of hydrogen-bond donors (Lipinski definition) is 2. The van der Waals surface area contributed by atoms with Crippen molar-refractivity contribution in [3.63, 3.8) is 0 Å². The Morgan fingerprint density at radius 3 is 2.72 bits per heavy atom. The third kappa shape index (κ3) is 3.43. The van der Waals surface area contributed by atoms with E-state index in [1.54, 1.807) is 20.1 Å². The summed E-state index contributed by atoms with van der Waals surface area (Å²) in [5.74, 6) is -0.543. The third-order valence-corrected chi connectivity index (χ3v) is 2.76. The average molecular weight is 252 g/mol. The van der Waals surface area contributed by atoms with Crippen LogP contribution in [0.3, 0.4) is 0 Å². The molecule has 1 aromatic rings. The molecule has 18 heavy (non-hydrogen) atoms. The molecule has 0 bridgehead atoms. The highest BCUT2D eigenvalue weighted by Crippen LogP contribution is 2.20. The molecule has 0 amide bonds. The third-order valence-electron chi connectivity index (χ3n) is 2.76. The molecule has 1 atom stereocenters. The molecule has 0 saturated heterocycles. The highest BCUT2D eigenvalue weighted by molar-refractivity contribution is 5.94. The summed E-state index contributed by atoms with van der Waals surface area (Å²) in [5.41, 5.74) is 1.74. The number of carbonyl (C=O) groups is 1. The number of methoxy groups -OCH3 is 1. The van der Waals surface area contributed by atoms with Crippen LogP contribution in [0.15, 0.2) is 6.07 Å². The number of aryl methyl sites for hydroxylation is 2. The molecule has 0 spiro atoms. The van der Waals surface area contributed by atoms with E-state index in [0.717, 1.165) is 12.1 Å². The predicted molar refractivity (Wildman–Crippen MR) is 70.2 cm³/mol. The van der Waals surface area contributed by atoms with Gasteiger partial charge in [0.05, 0.1) is 12.6 Å². The van der Waals surface area contributed by atoms with Gasteiger partial charge in [0, 0.05) is 12.8 Å². The summed E-state index contributed by atoms with van der Waals surface area (Å²) >= 11 is 0. The standard InChI is InChI=1S/C13H20N2O3/c1-5-10(7-18-4)15-12-11(13(16)17)8(2)6-9(3)14-12/h6,10H,5,7H2,1-4H3,(H,14,15)(H,16,17). The first-order valence-electron chi connectivity index (χ1n) is 5.96. The molecule has 0 aliphatic carbocycles. The first kappa shape index (κ1) is 14.4. The van der Waals surface area contributed by atoms with E-state index >= 15 is 0 Å². The number of aromatic nitrogens is 1. The monoisotopic (exact) mass is 252 g/mol. The Hall–Kier alpha value is -1.62. The van der Waals surface area contributed by atoms with Gasteiger partial charge in [0.25, 0.3) is 0 Å². The molecule has 2 N–H and O–H groups in total. The molecule has 5 nitrogen and oxygen atoms in total. The van der Waals surface area contributed by atoms with Crippen LogP contribution in [0.1, 0.15) is 35.0 Å². The van der Waals surface area contributed by atoms with E-state index in [4.69, 9.17) is 4.74 Å². The van der Waals surface area contributed by atoms with Crippen LogP contribution in [0.25, 0.3) is 0 Å². The molecule has 5 heteroatoms. The first-order chi connectivity index (χ1) is 8.49. The Morgan fingerprint density at radius 2 is 2.22 bits per heavy atom. The van der Waals surface area contributed by atoms with Crippen LogP contribution in [0.2, 0.25) is 0 Å². The van der Waals surface area contributed by atoms with Gasteiger partial charge in [0.1, 0.15) is 11.4 Å². The van der Waals surface area contributed by atoms with Crippen molar-refractivity contribution in [1.29, 1.82) is 0 Å². The predicted octanol–water partition coefficient (Wildman–Crippen LogP) is 2.23. The quantitative estimate of drug-likeness (QED) is 0.812. The normalized spacial score (nSPS) is 12.2. The second kappa shape index (κ2) is 6.35. The number of carboxylic acids is 1. The summed E-state index contributed by atoms with van der Waals surface area (Å²) in [6.07, 6.45) is 0.835. The van der Waals surface area contributed by atoms with E-state index in [0.29, 0.717) is 18.0 Å². The lowest BCUT2D eigenvalue weighted by atomic mass is 10.1. The maximum Gasteiger partial charge on any atom is 0.339 e. The van der Waals surface area contributed by atoms with Crippen LogP contribution in [-0.4, -0.2) is 35.8 Å². The Balaban J connectivity index is 3.09. The van der Waals surface area contributed by atoms with Gasteiger partial charge in [0.2, 0.25) is 0 Å². The second-order valence-electron chi connectivity index (χ2n) is 4.31. The van der Waals surface area contributed by atoms with E-state index in [1.165, 1.54) is 0 Å². The maximum atomic E-state index is 11.3. The summed E-state index contributed by atoms with van der Waals surface area (Å²) in [5, 5.41) is 12.4. The number of aromatic carboxylic acids is 1. The second-order valence-corrected chi connectivity index (χ2v) is 4.31. The minimum absolute atomic E-state index is 0.0572. The number of nitrogens with zero attached hydrogens (tertiary/aromatic N) is 1. The molecule has 0 fully saturated rings. The number of rotatable bonds is 6. The summed E-state index contributed by atoms with van der Waals surface area (Å²) in [6, 6.07) is 1.83. The van der Waals surface area contributed by atoms with E-state index in [1.807, 2.05) is 13.8 Å². The molecule has 1 unspecified atom stereocenters. The van der Waals surface area contributed by atoms with Gasteiger partial charge in [-0.25, -0.2) is 9.78 Å². The number of carboxylic acid groups (broad SMARTS) is 1. The van der Waals surface area contributed by atoms with Crippen LogP contribution < -0.4 is 5.32 Å². The van der Waals surface area contributed by atoms with Crippen molar-refractivity contribution < 1.29 is 14.6 Å². The zero-order valence-corrected chi connectivity index (χ0v) is 11.3. The molecular formula is C13H20N2O3. The Bertz CT molecular complexity index is 432. The van der Waals surface area contributed by atoms with Gasteiger partial charge in [-0.15, -0.1) is 0 Å². The van der Waals surface area contributed by atoms with Crippen molar-refractivity contribution in [1.82, 2.24) is 4.98 Å². The van der Waals surface area contributed by atoms with Gasteiger partial charge in [-0.05, 0) is 31.9 Å².